The third-order valence-corrected chi connectivity index (χ3v) is 5.03. The van der Waals surface area contributed by atoms with Crippen LogP contribution in [0.2, 0.25) is 0 Å². The lowest BCUT2D eigenvalue weighted by molar-refractivity contribution is 0.151. The standard InChI is InChI=1S/C18H24N6O/c25-18(24-8-2-1-3-16(24)15-11-22-23-12-15)19-7-6-13-9-20-17(21-10-13)14-4-5-14/h9-12,14,16H,1-8H2,(H,19,25)(H,22,23)/t16-/m0/s1. The van der Waals surface area contributed by atoms with E-state index in [4.69, 9.17) is 0 Å². The third kappa shape index (κ3) is 3.81. The highest BCUT2D eigenvalue weighted by atomic mass is 16.2. The number of H-pyrrole nitrogens is 1. The molecule has 1 saturated carbocycles. The van der Waals surface area contributed by atoms with E-state index in [2.05, 4.69) is 25.5 Å². The van der Waals surface area contributed by atoms with Crippen molar-refractivity contribution in [1.82, 2.24) is 30.4 Å². The summed E-state index contributed by atoms with van der Waals surface area (Å²) in [6, 6.07) is 0.120. The summed E-state index contributed by atoms with van der Waals surface area (Å²) in [6.07, 6.45) is 13.8. The molecule has 2 N–H and O–H groups in total. The van der Waals surface area contributed by atoms with Crippen LogP contribution in [0, 0.1) is 0 Å². The van der Waals surface area contributed by atoms with E-state index in [0.717, 1.165) is 49.2 Å². The number of hydrogen-bond acceptors (Lipinski definition) is 4. The molecule has 132 valence electrons. The van der Waals surface area contributed by atoms with E-state index in [9.17, 15) is 4.79 Å². The number of nitrogens with one attached hydrogen (secondary N) is 2. The van der Waals surface area contributed by atoms with Crippen molar-refractivity contribution in [2.24, 2.45) is 0 Å². The van der Waals surface area contributed by atoms with Crippen molar-refractivity contribution in [2.45, 2.75) is 50.5 Å². The van der Waals surface area contributed by atoms with Gasteiger partial charge in [-0.25, -0.2) is 14.8 Å². The Morgan fingerprint density at radius 3 is 2.76 bits per heavy atom. The molecular formula is C18H24N6O. The van der Waals surface area contributed by atoms with Gasteiger partial charge in [-0.05, 0) is 44.1 Å². The van der Waals surface area contributed by atoms with Crippen LogP contribution in [0.25, 0.3) is 0 Å². The monoisotopic (exact) mass is 340 g/mol. The van der Waals surface area contributed by atoms with Gasteiger partial charge in [0.2, 0.25) is 0 Å². The summed E-state index contributed by atoms with van der Waals surface area (Å²) in [4.78, 5) is 23.4. The third-order valence-electron chi connectivity index (χ3n) is 5.03. The first kappa shape index (κ1) is 16.1. The Bertz CT molecular complexity index is 695. The molecular weight excluding hydrogens is 316 g/mol. The number of hydrogen-bond donors (Lipinski definition) is 2. The molecule has 1 atom stereocenters. The zero-order valence-electron chi connectivity index (χ0n) is 14.3. The molecule has 2 amide bonds. The predicted molar refractivity (Wildman–Crippen MR) is 93.0 cm³/mol. The van der Waals surface area contributed by atoms with Crippen LogP contribution in [0.3, 0.4) is 0 Å². The van der Waals surface area contributed by atoms with Gasteiger partial charge in [-0.1, -0.05) is 0 Å². The summed E-state index contributed by atoms with van der Waals surface area (Å²) in [7, 11) is 0. The number of nitrogens with zero attached hydrogens (tertiary/aromatic N) is 4. The number of piperidine rings is 1. The van der Waals surface area contributed by atoms with Gasteiger partial charge in [0, 0.05) is 43.2 Å². The van der Waals surface area contributed by atoms with Crippen LogP contribution in [-0.2, 0) is 6.42 Å². The summed E-state index contributed by atoms with van der Waals surface area (Å²) < 4.78 is 0. The fraction of sp³-hybridized carbons (Fsp3) is 0.556. The van der Waals surface area contributed by atoms with Gasteiger partial charge in [-0.15, -0.1) is 0 Å². The van der Waals surface area contributed by atoms with Gasteiger partial charge in [0.05, 0.1) is 12.2 Å². The Morgan fingerprint density at radius 1 is 1.20 bits per heavy atom. The second-order valence-corrected chi connectivity index (χ2v) is 6.94. The minimum absolute atomic E-state index is 0.00131. The molecule has 1 aliphatic carbocycles. The molecule has 0 aromatic carbocycles. The number of rotatable bonds is 5. The molecule has 25 heavy (non-hydrogen) atoms. The average molecular weight is 340 g/mol. The van der Waals surface area contributed by atoms with Gasteiger partial charge in [0.1, 0.15) is 5.82 Å². The van der Waals surface area contributed by atoms with E-state index in [1.807, 2.05) is 29.7 Å². The van der Waals surface area contributed by atoms with Crippen LogP contribution in [0.15, 0.2) is 24.8 Å². The molecule has 4 rings (SSSR count). The molecule has 1 aliphatic heterocycles. The van der Waals surface area contributed by atoms with Crippen LogP contribution in [0.4, 0.5) is 4.79 Å². The van der Waals surface area contributed by atoms with Crippen molar-refractivity contribution in [3.05, 3.63) is 41.7 Å². The van der Waals surface area contributed by atoms with Crippen molar-refractivity contribution in [3.8, 4) is 0 Å². The highest BCUT2D eigenvalue weighted by Crippen LogP contribution is 2.37. The number of likely N-dealkylation sites (tertiary alicyclic amines) is 1. The minimum Gasteiger partial charge on any atom is -0.338 e. The fourth-order valence-corrected chi connectivity index (χ4v) is 3.43. The maximum absolute atomic E-state index is 12.6. The maximum Gasteiger partial charge on any atom is 0.317 e. The van der Waals surface area contributed by atoms with Gasteiger partial charge >= 0.3 is 6.03 Å². The second-order valence-electron chi connectivity index (χ2n) is 6.94. The van der Waals surface area contributed by atoms with Gasteiger partial charge < -0.3 is 10.2 Å². The van der Waals surface area contributed by atoms with Gasteiger partial charge in [-0.2, -0.15) is 5.10 Å². The van der Waals surface area contributed by atoms with E-state index in [-0.39, 0.29) is 12.1 Å². The number of urea groups is 1. The SMILES string of the molecule is O=C(NCCc1cnc(C2CC2)nc1)N1CCCC[C@H]1c1cn[nH]c1. The van der Waals surface area contributed by atoms with E-state index in [1.54, 1.807) is 0 Å². The number of aromatic amines is 1. The lowest BCUT2D eigenvalue weighted by Gasteiger charge is -2.35. The van der Waals surface area contributed by atoms with Gasteiger partial charge in [0.25, 0.3) is 0 Å². The van der Waals surface area contributed by atoms with Crippen LogP contribution < -0.4 is 5.32 Å². The lowest BCUT2D eigenvalue weighted by Crippen LogP contribution is -2.45. The molecule has 0 radical (unpaired) electrons. The molecule has 2 fully saturated rings. The quantitative estimate of drug-likeness (QED) is 0.876. The van der Waals surface area contributed by atoms with E-state index in [1.165, 1.54) is 12.8 Å². The first-order chi connectivity index (χ1) is 12.3. The number of amides is 2. The second kappa shape index (κ2) is 7.21. The smallest absolute Gasteiger partial charge is 0.317 e. The normalized spacial score (nSPS) is 20.5. The molecule has 2 aromatic heterocycles. The van der Waals surface area contributed by atoms with E-state index < -0.39 is 0 Å². The molecule has 1 saturated heterocycles. The molecule has 3 heterocycles. The highest BCUT2D eigenvalue weighted by Gasteiger charge is 2.28. The minimum atomic E-state index is 0.00131. The summed E-state index contributed by atoms with van der Waals surface area (Å²) in [6.45, 7) is 1.39. The Kier molecular flexibility index (Phi) is 4.63. The van der Waals surface area contributed by atoms with Crippen LogP contribution in [-0.4, -0.2) is 44.2 Å². The predicted octanol–water partition coefficient (Wildman–Crippen LogP) is 2.56. The van der Waals surface area contributed by atoms with Crippen LogP contribution in [0.1, 0.15) is 61.0 Å². The van der Waals surface area contributed by atoms with Crippen molar-refractivity contribution < 1.29 is 4.79 Å². The molecule has 0 bridgehead atoms. The maximum atomic E-state index is 12.6. The lowest BCUT2D eigenvalue weighted by atomic mass is 9.98. The van der Waals surface area contributed by atoms with Crippen LogP contribution >= 0.6 is 0 Å². The first-order valence-electron chi connectivity index (χ1n) is 9.15. The Balaban J connectivity index is 1.30. The Morgan fingerprint density at radius 2 is 2.04 bits per heavy atom. The summed E-state index contributed by atoms with van der Waals surface area (Å²) in [5.41, 5.74) is 2.15. The zero-order valence-corrected chi connectivity index (χ0v) is 14.3. The zero-order chi connectivity index (χ0) is 17.1. The number of aromatic nitrogens is 4. The first-order valence-corrected chi connectivity index (χ1v) is 9.15. The van der Waals surface area contributed by atoms with Crippen molar-refractivity contribution in [1.29, 1.82) is 0 Å². The summed E-state index contributed by atoms with van der Waals surface area (Å²) in [5.74, 6) is 1.54. The van der Waals surface area contributed by atoms with E-state index >= 15 is 0 Å². The number of carbonyl (C=O) groups is 1. The molecule has 2 aliphatic rings. The van der Waals surface area contributed by atoms with Gasteiger partial charge in [0.15, 0.2) is 0 Å². The number of carbonyl (C=O) groups excluding carboxylic acids is 1. The topological polar surface area (TPSA) is 86.8 Å². The van der Waals surface area contributed by atoms with Crippen molar-refractivity contribution in [2.75, 3.05) is 13.1 Å². The molecule has 2 aromatic rings. The van der Waals surface area contributed by atoms with Crippen molar-refractivity contribution in [3.63, 3.8) is 0 Å². The van der Waals surface area contributed by atoms with Crippen molar-refractivity contribution >= 4 is 6.03 Å². The Labute approximate surface area is 147 Å². The largest absolute Gasteiger partial charge is 0.338 e. The van der Waals surface area contributed by atoms with E-state index in [0.29, 0.717) is 12.5 Å². The Hall–Kier alpha value is -2.44. The van der Waals surface area contributed by atoms with Gasteiger partial charge in [-0.3, -0.25) is 5.10 Å². The average Bonchev–Trinajstić information content (AvgIpc) is 3.36. The molecule has 0 spiro atoms. The summed E-state index contributed by atoms with van der Waals surface area (Å²) in [5, 5.41) is 9.91. The molecule has 0 unspecified atom stereocenters. The highest BCUT2D eigenvalue weighted by molar-refractivity contribution is 5.74. The summed E-state index contributed by atoms with van der Waals surface area (Å²) >= 11 is 0. The molecule has 7 heteroatoms. The molecule has 7 nitrogen and oxygen atoms in total. The van der Waals surface area contributed by atoms with Crippen LogP contribution in [0.5, 0.6) is 0 Å². The fourth-order valence-electron chi connectivity index (χ4n) is 3.43.